The molecular formula is C18H24O2S. The first-order valence-electron chi connectivity index (χ1n) is 8.11. The van der Waals surface area contributed by atoms with Gasteiger partial charge in [0.15, 0.2) is 0 Å². The highest BCUT2D eigenvalue weighted by molar-refractivity contribution is 7.86. The maximum absolute atomic E-state index is 12.2. The fourth-order valence-electron chi connectivity index (χ4n) is 3.21. The summed E-state index contributed by atoms with van der Waals surface area (Å²) in [5, 5.41) is 0.664. The van der Waals surface area contributed by atoms with E-state index in [9.17, 15) is 4.21 Å². The van der Waals surface area contributed by atoms with Crippen molar-refractivity contribution in [2.24, 2.45) is 0 Å². The summed E-state index contributed by atoms with van der Waals surface area (Å²) in [6.07, 6.45) is 8.93. The van der Waals surface area contributed by atoms with Gasteiger partial charge in [-0.1, -0.05) is 38.0 Å². The smallest absolute Gasteiger partial charge is 0.119 e. The van der Waals surface area contributed by atoms with Gasteiger partial charge in [0, 0.05) is 16.0 Å². The van der Waals surface area contributed by atoms with Crippen LogP contribution in [0.4, 0.5) is 0 Å². The van der Waals surface area contributed by atoms with Crippen LogP contribution in [0.25, 0.3) is 5.57 Å². The van der Waals surface area contributed by atoms with Crippen LogP contribution in [-0.4, -0.2) is 21.3 Å². The van der Waals surface area contributed by atoms with Crippen LogP contribution in [0.15, 0.2) is 30.3 Å². The van der Waals surface area contributed by atoms with E-state index in [1.807, 2.05) is 0 Å². The molecule has 0 spiro atoms. The molecule has 114 valence electrons. The second-order valence-corrected chi connectivity index (χ2v) is 7.97. The average molecular weight is 304 g/mol. The van der Waals surface area contributed by atoms with Crippen molar-refractivity contribution in [1.82, 2.24) is 0 Å². The van der Waals surface area contributed by atoms with Crippen LogP contribution in [0.2, 0.25) is 0 Å². The highest BCUT2D eigenvalue weighted by atomic mass is 32.2. The van der Waals surface area contributed by atoms with E-state index in [1.165, 1.54) is 17.6 Å². The zero-order chi connectivity index (χ0) is 14.7. The molecule has 0 saturated carbocycles. The molecule has 3 heteroatoms. The fraction of sp³-hybridized carbons (Fsp3) is 0.556. The fourth-order valence-corrected chi connectivity index (χ4v) is 5.15. The second kappa shape index (κ2) is 6.78. The van der Waals surface area contributed by atoms with Gasteiger partial charge < -0.3 is 4.74 Å². The van der Waals surface area contributed by atoms with Gasteiger partial charge in [-0.2, -0.15) is 0 Å². The molecule has 3 unspecified atom stereocenters. The quantitative estimate of drug-likeness (QED) is 0.757. The summed E-state index contributed by atoms with van der Waals surface area (Å²) in [5.41, 5.74) is 2.65. The second-order valence-electron chi connectivity index (χ2n) is 6.04. The standard InChI is InChI=1S/C18H24O2S/c1-2-3-11-20-16-9-7-14(8-10-16)15-12-17-5-4-6-18(13-15)21(17)19/h7-10,12,17-18H,2-6,11,13H2,1H3. The summed E-state index contributed by atoms with van der Waals surface area (Å²) in [6.45, 7) is 2.96. The van der Waals surface area contributed by atoms with E-state index in [0.717, 1.165) is 44.5 Å². The molecule has 1 saturated heterocycles. The Balaban J connectivity index is 1.71. The van der Waals surface area contributed by atoms with E-state index in [0.29, 0.717) is 5.25 Å². The number of benzene rings is 1. The maximum Gasteiger partial charge on any atom is 0.119 e. The van der Waals surface area contributed by atoms with E-state index >= 15 is 0 Å². The van der Waals surface area contributed by atoms with Crippen molar-refractivity contribution in [3.05, 3.63) is 35.9 Å². The van der Waals surface area contributed by atoms with Crippen molar-refractivity contribution < 1.29 is 8.95 Å². The summed E-state index contributed by atoms with van der Waals surface area (Å²) in [5.74, 6) is 0.951. The number of rotatable bonds is 5. The van der Waals surface area contributed by atoms with Gasteiger partial charge in [0.05, 0.1) is 11.9 Å². The van der Waals surface area contributed by atoms with Gasteiger partial charge in [0.25, 0.3) is 0 Å². The number of hydrogen-bond donors (Lipinski definition) is 0. The van der Waals surface area contributed by atoms with Crippen molar-refractivity contribution in [3.8, 4) is 5.75 Å². The van der Waals surface area contributed by atoms with Crippen LogP contribution in [0.5, 0.6) is 5.75 Å². The first kappa shape index (κ1) is 14.8. The predicted octanol–water partition coefficient (Wildman–Crippen LogP) is 4.32. The van der Waals surface area contributed by atoms with Gasteiger partial charge in [-0.05, 0) is 49.0 Å². The maximum atomic E-state index is 12.2. The van der Waals surface area contributed by atoms with Crippen LogP contribution >= 0.6 is 0 Å². The van der Waals surface area contributed by atoms with E-state index in [2.05, 4.69) is 37.3 Å². The van der Waals surface area contributed by atoms with Crippen LogP contribution in [0.1, 0.15) is 51.0 Å². The minimum atomic E-state index is -0.641. The Morgan fingerprint density at radius 2 is 2.05 bits per heavy atom. The lowest BCUT2D eigenvalue weighted by Gasteiger charge is -2.32. The third-order valence-electron chi connectivity index (χ3n) is 4.47. The Hall–Kier alpha value is -1.09. The molecule has 2 nitrogen and oxygen atoms in total. The van der Waals surface area contributed by atoms with Gasteiger partial charge in [-0.3, -0.25) is 4.21 Å². The third kappa shape index (κ3) is 3.39. The Labute approximate surface area is 130 Å². The van der Waals surface area contributed by atoms with Gasteiger partial charge in [-0.25, -0.2) is 0 Å². The van der Waals surface area contributed by atoms with Crippen molar-refractivity contribution in [2.45, 2.75) is 55.9 Å². The molecule has 0 radical (unpaired) electrons. The number of hydrogen-bond acceptors (Lipinski definition) is 2. The zero-order valence-electron chi connectivity index (χ0n) is 12.7. The normalized spacial score (nSPS) is 28.0. The SMILES string of the molecule is CCCCOc1ccc(C2=CC3CCCC(C2)S3=O)cc1. The summed E-state index contributed by atoms with van der Waals surface area (Å²) < 4.78 is 17.9. The highest BCUT2D eigenvalue weighted by Crippen LogP contribution is 2.37. The molecule has 1 aromatic rings. The zero-order valence-corrected chi connectivity index (χ0v) is 13.5. The largest absolute Gasteiger partial charge is 0.494 e. The number of fused-ring (bicyclic) bond motifs is 2. The summed E-state index contributed by atoms with van der Waals surface area (Å²) in [4.78, 5) is 0. The van der Waals surface area contributed by atoms with Gasteiger partial charge in [0.2, 0.25) is 0 Å². The topological polar surface area (TPSA) is 26.3 Å². The Bertz CT molecular complexity index is 533. The summed E-state index contributed by atoms with van der Waals surface area (Å²) in [7, 11) is -0.641. The van der Waals surface area contributed by atoms with E-state index in [4.69, 9.17) is 4.74 Å². The first-order chi connectivity index (χ1) is 10.3. The Kier molecular flexibility index (Phi) is 4.79. The molecule has 3 rings (SSSR count). The van der Waals surface area contributed by atoms with Crippen LogP contribution < -0.4 is 4.74 Å². The molecule has 1 fully saturated rings. The van der Waals surface area contributed by atoms with Crippen molar-refractivity contribution >= 4 is 16.4 Å². The highest BCUT2D eigenvalue weighted by Gasteiger charge is 2.33. The van der Waals surface area contributed by atoms with Crippen LogP contribution in [-0.2, 0) is 10.8 Å². The van der Waals surface area contributed by atoms with Crippen molar-refractivity contribution in [3.63, 3.8) is 0 Å². The van der Waals surface area contributed by atoms with E-state index in [-0.39, 0.29) is 5.25 Å². The Morgan fingerprint density at radius 3 is 2.76 bits per heavy atom. The molecule has 2 aliphatic rings. The molecule has 2 bridgehead atoms. The lowest BCUT2D eigenvalue weighted by atomic mass is 9.93. The molecule has 1 aromatic carbocycles. The molecular weight excluding hydrogens is 280 g/mol. The summed E-state index contributed by atoms with van der Waals surface area (Å²) >= 11 is 0. The molecule has 21 heavy (non-hydrogen) atoms. The molecule has 0 amide bonds. The molecule has 2 heterocycles. The number of allylic oxidation sites excluding steroid dienone is 1. The monoisotopic (exact) mass is 304 g/mol. The van der Waals surface area contributed by atoms with Gasteiger partial charge >= 0.3 is 0 Å². The summed E-state index contributed by atoms with van der Waals surface area (Å²) in [6, 6.07) is 8.43. The molecule has 2 aliphatic heterocycles. The molecule has 0 N–H and O–H groups in total. The minimum absolute atomic E-state index is 0.285. The third-order valence-corrected chi connectivity index (χ3v) is 6.50. The lowest BCUT2D eigenvalue weighted by molar-refractivity contribution is 0.309. The lowest BCUT2D eigenvalue weighted by Crippen LogP contribution is -2.33. The van der Waals surface area contributed by atoms with Crippen LogP contribution in [0.3, 0.4) is 0 Å². The molecule has 3 atom stereocenters. The van der Waals surface area contributed by atoms with E-state index in [1.54, 1.807) is 0 Å². The van der Waals surface area contributed by atoms with Gasteiger partial charge in [-0.15, -0.1) is 0 Å². The van der Waals surface area contributed by atoms with E-state index < -0.39 is 10.8 Å². The Morgan fingerprint density at radius 1 is 1.24 bits per heavy atom. The molecule has 0 aromatic heterocycles. The van der Waals surface area contributed by atoms with Gasteiger partial charge in [0.1, 0.15) is 5.75 Å². The first-order valence-corrected chi connectivity index (χ1v) is 9.39. The minimum Gasteiger partial charge on any atom is -0.494 e. The number of unbranched alkanes of at least 4 members (excludes halogenated alkanes) is 1. The molecule has 0 aliphatic carbocycles. The van der Waals surface area contributed by atoms with Crippen molar-refractivity contribution in [1.29, 1.82) is 0 Å². The van der Waals surface area contributed by atoms with Crippen molar-refractivity contribution in [2.75, 3.05) is 6.61 Å². The average Bonchev–Trinajstić information content (AvgIpc) is 2.48. The number of ether oxygens (including phenoxy) is 1. The van der Waals surface area contributed by atoms with Crippen LogP contribution in [0, 0.1) is 0 Å². The predicted molar refractivity (Wildman–Crippen MR) is 89.0 cm³/mol.